The number of fused-ring (bicyclic) bond motifs is 1. The van der Waals surface area contributed by atoms with Crippen molar-refractivity contribution in [2.45, 2.75) is 71.1 Å². The second kappa shape index (κ2) is 11.5. The molecule has 0 saturated carbocycles. The Kier molecular flexibility index (Phi) is 8.70. The molecule has 0 aliphatic carbocycles. The van der Waals surface area contributed by atoms with Crippen LogP contribution in [-0.2, 0) is 6.42 Å². The van der Waals surface area contributed by atoms with E-state index in [1.807, 2.05) is 60.8 Å². The third-order valence-corrected chi connectivity index (χ3v) is 6.27. The number of aromatic amines is 1. The molecule has 1 amide bonds. The minimum atomic E-state index is -0.715. The smallest absolute Gasteiger partial charge is 0.251 e. The Morgan fingerprint density at radius 1 is 1.09 bits per heavy atom. The summed E-state index contributed by atoms with van der Waals surface area (Å²) < 4.78 is 0. The van der Waals surface area contributed by atoms with Crippen LogP contribution in [0.3, 0.4) is 0 Å². The summed E-state index contributed by atoms with van der Waals surface area (Å²) in [6, 6.07) is 17.2. The van der Waals surface area contributed by atoms with Crippen molar-refractivity contribution in [2.75, 3.05) is 6.54 Å². The van der Waals surface area contributed by atoms with Gasteiger partial charge in [0, 0.05) is 29.4 Å². The number of hydrogen-bond acceptors (Lipinski definition) is 3. The van der Waals surface area contributed by atoms with E-state index in [9.17, 15) is 9.90 Å². The molecule has 3 rings (SSSR count). The van der Waals surface area contributed by atoms with Gasteiger partial charge in [-0.1, -0.05) is 63.1 Å². The number of hydrogen-bond donors (Lipinski definition) is 4. The summed E-state index contributed by atoms with van der Waals surface area (Å²) in [5.41, 5.74) is 2.51. The Morgan fingerprint density at radius 2 is 1.85 bits per heavy atom. The number of nitrogens with one attached hydrogen (secondary N) is 3. The molecule has 5 heteroatoms. The molecule has 0 aliphatic rings. The molecule has 0 fully saturated rings. The number of carbonyl (C=O) groups is 1. The molecule has 2 aromatic carbocycles. The lowest BCUT2D eigenvalue weighted by molar-refractivity contribution is 0.0812. The normalized spacial score (nSPS) is 13.9. The summed E-state index contributed by atoms with van der Waals surface area (Å²) in [5, 5.41) is 18.8. The van der Waals surface area contributed by atoms with Crippen molar-refractivity contribution in [3.05, 3.63) is 71.9 Å². The molecule has 0 bridgehead atoms. The molecule has 178 valence electrons. The summed E-state index contributed by atoms with van der Waals surface area (Å²) in [4.78, 5) is 16.2. The van der Waals surface area contributed by atoms with Gasteiger partial charge in [0.25, 0.3) is 5.91 Å². The lowest BCUT2D eigenvalue weighted by Gasteiger charge is -2.31. The predicted molar refractivity (Wildman–Crippen MR) is 136 cm³/mol. The molecular weight excluding hydrogens is 410 g/mol. The molecule has 0 radical (unpaired) electrons. The van der Waals surface area contributed by atoms with Crippen molar-refractivity contribution in [2.24, 2.45) is 5.92 Å². The highest BCUT2D eigenvalue weighted by Gasteiger charge is 2.25. The average Bonchev–Trinajstić information content (AvgIpc) is 3.25. The minimum absolute atomic E-state index is 0.0736. The van der Waals surface area contributed by atoms with Crippen LogP contribution in [-0.4, -0.2) is 40.2 Å². The summed E-state index contributed by atoms with van der Waals surface area (Å²) in [6.07, 6.45) is 5.11. The second-order valence-corrected chi connectivity index (χ2v) is 10.2. The van der Waals surface area contributed by atoms with Crippen molar-refractivity contribution in [1.82, 2.24) is 15.6 Å². The van der Waals surface area contributed by atoms with E-state index in [1.165, 1.54) is 6.42 Å². The SMILES string of the molecule is CC(C)CCCC(C)(C)NC[C@@H](O)[C@H](Cc1ccccc1)NC(=O)c1ccc2cc[nH]c2c1. The zero-order chi connectivity index (χ0) is 23.8. The number of rotatable bonds is 12. The summed E-state index contributed by atoms with van der Waals surface area (Å²) in [5.74, 6) is 0.518. The molecule has 0 aliphatic heterocycles. The maximum atomic E-state index is 13.1. The van der Waals surface area contributed by atoms with E-state index in [-0.39, 0.29) is 11.4 Å². The monoisotopic (exact) mass is 449 g/mol. The van der Waals surface area contributed by atoms with Gasteiger partial charge in [-0.25, -0.2) is 0 Å². The predicted octanol–water partition coefficient (Wildman–Crippen LogP) is 5.06. The molecule has 1 heterocycles. The van der Waals surface area contributed by atoms with Gasteiger partial charge < -0.3 is 20.7 Å². The first kappa shape index (κ1) is 25.0. The van der Waals surface area contributed by atoms with Gasteiger partial charge >= 0.3 is 0 Å². The molecule has 4 N–H and O–H groups in total. The van der Waals surface area contributed by atoms with E-state index in [1.54, 1.807) is 0 Å². The number of amides is 1. The lowest BCUT2D eigenvalue weighted by atomic mass is 9.93. The van der Waals surface area contributed by atoms with E-state index < -0.39 is 12.1 Å². The number of benzene rings is 2. The summed E-state index contributed by atoms with van der Waals surface area (Å²) in [7, 11) is 0. The fraction of sp³-hybridized carbons (Fsp3) is 0.464. The van der Waals surface area contributed by atoms with Gasteiger partial charge in [-0.3, -0.25) is 4.79 Å². The zero-order valence-corrected chi connectivity index (χ0v) is 20.4. The van der Waals surface area contributed by atoms with Crippen molar-refractivity contribution in [3.63, 3.8) is 0 Å². The highest BCUT2D eigenvalue weighted by atomic mass is 16.3. The van der Waals surface area contributed by atoms with Crippen LogP contribution in [0.1, 0.15) is 62.9 Å². The third-order valence-electron chi connectivity index (χ3n) is 6.27. The number of H-pyrrole nitrogens is 1. The molecule has 0 spiro atoms. The molecular formula is C28H39N3O2. The van der Waals surface area contributed by atoms with Crippen LogP contribution < -0.4 is 10.6 Å². The third kappa shape index (κ3) is 7.72. The number of carbonyl (C=O) groups excluding carboxylic acids is 1. The Morgan fingerprint density at radius 3 is 2.58 bits per heavy atom. The Labute approximate surface area is 198 Å². The van der Waals surface area contributed by atoms with Crippen LogP contribution in [0.2, 0.25) is 0 Å². The van der Waals surface area contributed by atoms with Gasteiger partial charge in [0.05, 0.1) is 12.1 Å². The first-order valence-electron chi connectivity index (χ1n) is 12.1. The number of β-amino-alcohol motifs (C(OH)–C–C–N with tert-alkyl or cyclic N) is 1. The van der Waals surface area contributed by atoms with Crippen LogP contribution in [0, 0.1) is 5.92 Å². The van der Waals surface area contributed by atoms with E-state index in [0.717, 1.165) is 29.3 Å². The average molecular weight is 450 g/mol. The molecule has 3 aromatic rings. The fourth-order valence-electron chi connectivity index (χ4n) is 4.16. The largest absolute Gasteiger partial charge is 0.390 e. The second-order valence-electron chi connectivity index (χ2n) is 10.2. The van der Waals surface area contributed by atoms with Gasteiger partial charge in [0.2, 0.25) is 0 Å². The van der Waals surface area contributed by atoms with Gasteiger partial charge in [-0.05, 0) is 61.8 Å². The van der Waals surface area contributed by atoms with Crippen LogP contribution in [0.4, 0.5) is 0 Å². The minimum Gasteiger partial charge on any atom is -0.390 e. The van der Waals surface area contributed by atoms with Crippen LogP contribution in [0.15, 0.2) is 60.8 Å². The number of aliphatic hydroxyl groups is 1. The quantitative estimate of drug-likeness (QED) is 0.312. The van der Waals surface area contributed by atoms with Gasteiger partial charge in [0.1, 0.15) is 0 Å². The molecule has 0 unspecified atom stereocenters. The molecule has 2 atom stereocenters. The van der Waals surface area contributed by atoms with Gasteiger partial charge in [0.15, 0.2) is 0 Å². The van der Waals surface area contributed by atoms with E-state index in [4.69, 9.17) is 0 Å². The standard InChI is InChI=1S/C28H39N3O2/c1-20(2)9-8-15-28(3,4)30-19-26(32)25(17-21-10-6-5-7-11-21)31-27(33)23-13-12-22-14-16-29-24(22)18-23/h5-7,10-14,16,18,20,25-26,29-30,32H,8-9,15,17,19H2,1-4H3,(H,31,33)/t25-,26+/m0/s1. The fourth-order valence-corrected chi connectivity index (χ4v) is 4.16. The van der Waals surface area contributed by atoms with Crippen molar-refractivity contribution >= 4 is 16.8 Å². The number of aromatic nitrogens is 1. The Bertz CT molecular complexity index is 1010. The Hall–Kier alpha value is -2.63. The number of aliphatic hydroxyl groups excluding tert-OH is 1. The first-order valence-corrected chi connectivity index (χ1v) is 12.1. The molecule has 0 saturated heterocycles. The van der Waals surface area contributed by atoms with Crippen molar-refractivity contribution < 1.29 is 9.90 Å². The van der Waals surface area contributed by atoms with Crippen molar-refractivity contribution in [3.8, 4) is 0 Å². The molecule has 33 heavy (non-hydrogen) atoms. The summed E-state index contributed by atoms with van der Waals surface area (Å²) >= 11 is 0. The topological polar surface area (TPSA) is 77.2 Å². The maximum absolute atomic E-state index is 13.1. The van der Waals surface area contributed by atoms with Gasteiger partial charge in [-0.15, -0.1) is 0 Å². The maximum Gasteiger partial charge on any atom is 0.251 e. The van der Waals surface area contributed by atoms with Crippen LogP contribution in [0.5, 0.6) is 0 Å². The zero-order valence-electron chi connectivity index (χ0n) is 20.4. The molecule has 1 aromatic heterocycles. The van der Waals surface area contributed by atoms with Crippen LogP contribution >= 0.6 is 0 Å². The first-order chi connectivity index (χ1) is 15.7. The van der Waals surface area contributed by atoms with E-state index in [2.05, 4.69) is 43.3 Å². The van der Waals surface area contributed by atoms with E-state index >= 15 is 0 Å². The summed E-state index contributed by atoms with van der Waals surface area (Å²) in [6.45, 7) is 9.26. The van der Waals surface area contributed by atoms with Gasteiger partial charge in [-0.2, -0.15) is 0 Å². The molecule has 5 nitrogen and oxygen atoms in total. The van der Waals surface area contributed by atoms with Crippen LogP contribution in [0.25, 0.3) is 10.9 Å². The highest BCUT2D eigenvalue weighted by Crippen LogP contribution is 2.17. The van der Waals surface area contributed by atoms with E-state index in [0.29, 0.717) is 24.4 Å². The lowest BCUT2D eigenvalue weighted by Crippen LogP contribution is -2.52. The van der Waals surface area contributed by atoms with Crippen molar-refractivity contribution in [1.29, 1.82) is 0 Å². The Balaban J connectivity index is 1.67. The highest BCUT2D eigenvalue weighted by molar-refractivity contribution is 5.98.